The number of thioether (sulfide) groups is 1. The van der Waals surface area contributed by atoms with Crippen LogP contribution in [0.4, 0.5) is 0 Å². The lowest BCUT2D eigenvalue weighted by molar-refractivity contribution is 0.831. The molecule has 1 nitrogen and oxygen atoms in total. The fourth-order valence-electron chi connectivity index (χ4n) is 5.49. The van der Waals surface area contributed by atoms with Crippen LogP contribution in [0.15, 0.2) is 113 Å². The number of rotatable bonds is 2. The van der Waals surface area contributed by atoms with E-state index in [-0.39, 0.29) is 4.75 Å². The number of hydrogen-bond donors (Lipinski definition) is 0. The maximum absolute atomic E-state index is 3.65. The van der Waals surface area contributed by atoms with E-state index in [1.807, 2.05) is 11.8 Å². The van der Waals surface area contributed by atoms with Gasteiger partial charge in [0.25, 0.3) is 0 Å². The maximum Gasteiger partial charge on any atom is 0.0547 e. The highest BCUT2D eigenvalue weighted by atomic mass is 79.9. The molecule has 34 heavy (non-hydrogen) atoms. The zero-order valence-corrected chi connectivity index (χ0v) is 21.2. The molecule has 3 heteroatoms. The quantitative estimate of drug-likeness (QED) is 0.225. The molecule has 7 rings (SSSR count). The molecule has 2 heterocycles. The highest BCUT2D eigenvalue weighted by Gasteiger charge is 2.40. The molecule has 1 aromatic heterocycles. The lowest BCUT2D eigenvalue weighted by Crippen LogP contribution is -2.19. The van der Waals surface area contributed by atoms with Gasteiger partial charge in [-0.25, -0.2) is 0 Å². The summed E-state index contributed by atoms with van der Waals surface area (Å²) in [6.45, 7) is 2.38. The highest BCUT2D eigenvalue weighted by molar-refractivity contribution is 9.10. The third kappa shape index (κ3) is 3.00. The van der Waals surface area contributed by atoms with Gasteiger partial charge >= 0.3 is 0 Å². The summed E-state index contributed by atoms with van der Waals surface area (Å²) >= 11 is 5.64. The van der Waals surface area contributed by atoms with Crippen molar-refractivity contribution in [2.75, 3.05) is 0 Å². The van der Waals surface area contributed by atoms with Crippen molar-refractivity contribution in [2.24, 2.45) is 0 Å². The second-order valence-electron chi connectivity index (χ2n) is 9.32. The molecule has 0 saturated carbocycles. The minimum absolute atomic E-state index is 0.107. The van der Waals surface area contributed by atoms with Gasteiger partial charge in [-0.2, -0.15) is 0 Å². The molecular weight excluding hydrogens is 498 g/mol. The summed E-state index contributed by atoms with van der Waals surface area (Å²) in [6, 6.07) is 33.1. The maximum atomic E-state index is 3.65. The zero-order chi connectivity index (χ0) is 22.9. The van der Waals surface area contributed by atoms with Crippen LogP contribution in [0.2, 0.25) is 0 Å². The van der Waals surface area contributed by atoms with E-state index in [9.17, 15) is 0 Å². The summed E-state index contributed by atoms with van der Waals surface area (Å²) in [4.78, 5) is 1.37. The summed E-state index contributed by atoms with van der Waals surface area (Å²) in [6.07, 6.45) is 5.88. The molecule has 164 valence electrons. The molecule has 0 N–H and O–H groups in total. The van der Waals surface area contributed by atoms with Crippen LogP contribution < -0.4 is 0 Å². The van der Waals surface area contributed by atoms with Crippen molar-refractivity contribution >= 4 is 60.6 Å². The molecule has 5 aromatic rings. The van der Waals surface area contributed by atoms with Gasteiger partial charge in [0, 0.05) is 30.6 Å². The lowest BCUT2D eigenvalue weighted by atomic mass is 9.83. The largest absolute Gasteiger partial charge is 0.309 e. The molecule has 1 aliphatic heterocycles. The number of benzene rings is 4. The lowest BCUT2D eigenvalue weighted by Gasteiger charge is -2.28. The van der Waals surface area contributed by atoms with Gasteiger partial charge in [-0.3, -0.25) is 0 Å². The first-order valence-electron chi connectivity index (χ1n) is 11.6. The van der Waals surface area contributed by atoms with E-state index >= 15 is 0 Å². The number of para-hydroxylation sites is 2. The summed E-state index contributed by atoms with van der Waals surface area (Å²) < 4.78 is 3.65. The number of fused-ring (bicyclic) bond motifs is 6. The van der Waals surface area contributed by atoms with Gasteiger partial charge < -0.3 is 4.57 Å². The van der Waals surface area contributed by atoms with Gasteiger partial charge in [0.05, 0.1) is 11.0 Å². The summed E-state index contributed by atoms with van der Waals surface area (Å²) in [5.74, 6) is 0. The van der Waals surface area contributed by atoms with E-state index in [2.05, 4.69) is 131 Å². The molecule has 0 radical (unpaired) electrons. The van der Waals surface area contributed by atoms with E-state index in [4.69, 9.17) is 0 Å². The Kier molecular flexibility index (Phi) is 4.49. The smallest absolute Gasteiger partial charge is 0.0547 e. The molecule has 0 saturated heterocycles. The summed E-state index contributed by atoms with van der Waals surface area (Å²) in [7, 11) is 0. The predicted molar refractivity (Wildman–Crippen MR) is 150 cm³/mol. The summed E-state index contributed by atoms with van der Waals surface area (Å²) in [5, 5.41) is 2.59. The molecular formula is C31H22BrNS. The van der Waals surface area contributed by atoms with Crippen molar-refractivity contribution in [3.63, 3.8) is 0 Å². The van der Waals surface area contributed by atoms with Gasteiger partial charge in [-0.1, -0.05) is 76.6 Å². The molecule has 1 unspecified atom stereocenters. The normalized spacial score (nSPS) is 19.1. The Morgan fingerprint density at radius 3 is 2.50 bits per heavy atom. The molecule has 1 aliphatic carbocycles. The SMILES string of the molecule is CC12CC=C(c3ccc4c5ccccc5n(-c5ccccc5)c4c3)C=C1c1ccc(Br)cc1S2. The van der Waals surface area contributed by atoms with Crippen molar-refractivity contribution in [1.29, 1.82) is 0 Å². The Balaban J connectivity index is 1.42. The molecule has 0 fully saturated rings. The number of halogens is 1. The predicted octanol–water partition coefficient (Wildman–Crippen LogP) is 9.28. The minimum atomic E-state index is 0.107. The van der Waals surface area contributed by atoms with Crippen molar-refractivity contribution in [3.8, 4) is 5.69 Å². The number of aromatic nitrogens is 1. The van der Waals surface area contributed by atoms with Crippen molar-refractivity contribution in [2.45, 2.75) is 23.0 Å². The molecule has 0 spiro atoms. The standard InChI is InChI=1S/C31H22BrNS/c1-31-16-15-21(17-27(31)26-14-12-22(32)19-30(26)34-31)20-11-13-25-24-9-5-6-10-28(24)33(29(25)18-20)23-7-3-2-4-8-23/h2-15,17-19H,16H2,1H3. The zero-order valence-electron chi connectivity index (χ0n) is 18.8. The van der Waals surface area contributed by atoms with E-state index in [1.165, 1.54) is 54.7 Å². The third-order valence-corrected chi connectivity index (χ3v) is 9.06. The average molecular weight is 520 g/mol. The fraction of sp³-hybridized carbons (Fsp3) is 0.0968. The molecule has 1 atom stereocenters. The van der Waals surface area contributed by atoms with Crippen molar-refractivity contribution in [1.82, 2.24) is 4.57 Å². The monoisotopic (exact) mass is 519 g/mol. The number of nitrogens with zero attached hydrogens (tertiary/aromatic N) is 1. The molecule has 4 aromatic carbocycles. The fourth-order valence-corrected chi connectivity index (χ4v) is 7.41. The van der Waals surface area contributed by atoms with E-state index in [0.717, 1.165) is 10.9 Å². The van der Waals surface area contributed by atoms with Crippen LogP contribution in [0.3, 0.4) is 0 Å². The first-order chi connectivity index (χ1) is 16.6. The molecule has 0 bridgehead atoms. The van der Waals surface area contributed by atoms with Crippen molar-refractivity contribution < 1.29 is 0 Å². The van der Waals surface area contributed by atoms with Gasteiger partial charge in [0.2, 0.25) is 0 Å². The summed E-state index contributed by atoms with van der Waals surface area (Å²) in [5.41, 5.74) is 9.11. The van der Waals surface area contributed by atoms with Gasteiger partial charge in [0.1, 0.15) is 0 Å². The Morgan fingerprint density at radius 1 is 0.824 bits per heavy atom. The van der Waals surface area contributed by atoms with Gasteiger partial charge in [-0.05, 0) is 78.1 Å². The first-order valence-corrected chi connectivity index (χ1v) is 13.2. The van der Waals surface area contributed by atoms with Crippen LogP contribution >= 0.6 is 27.7 Å². The second-order valence-corrected chi connectivity index (χ2v) is 11.8. The Labute approximate surface area is 211 Å². The minimum Gasteiger partial charge on any atom is -0.309 e. The molecule has 2 aliphatic rings. The van der Waals surface area contributed by atoms with Crippen molar-refractivity contribution in [3.05, 3.63) is 119 Å². The third-order valence-electron chi connectivity index (χ3n) is 7.17. The van der Waals surface area contributed by atoms with Crippen LogP contribution in [0, 0.1) is 0 Å². The Morgan fingerprint density at radius 2 is 1.62 bits per heavy atom. The Bertz CT molecular complexity index is 1670. The Hall–Kier alpha value is -3.01. The molecule has 0 amide bonds. The average Bonchev–Trinajstić information content (AvgIpc) is 3.34. The van der Waals surface area contributed by atoms with E-state index in [0.29, 0.717) is 0 Å². The van der Waals surface area contributed by atoms with Crippen LogP contribution in [-0.4, -0.2) is 9.31 Å². The highest BCUT2D eigenvalue weighted by Crippen LogP contribution is 2.57. The van der Waals surface area contributed by atoms with Gasteiger partial charge in [0.15, 0.2) is 0 Å². The second kappa shape index (κ2) is 7.49. The van der Waals surface area contributed by atoms with Crippen LogP contribution in [-0.2, 0) is 0 Å². The van der Waals surface area contributed by atoms with Gasteiger partial charge in [-0.15, -0.1) is 11.8 Å². The number of allylic oxidation sites excluding steroid dienone is 3. The van der Waals surface area contributed by atoms with E-state index in [1.54, 1.807) is 0 Å². The topological polar surface area (TPSA) is 4.93 Å². The first kappa shape index (κ1) is 20.4. The van der Waals surface area contributed by atoms with Crippen LogP contribution in [0.25, 0.3) is 38.6 Å². The van der Waals surface area contributed by atoms with Crippen LogP contribution in [0.1, 0.15) is 24.5 Å². The van der Waals surface area contributed by atoms with E-state index < -0.39 is 0 Å². The number of hydrogen-bond acceptors (Lipinski definition) is 1. The van der Waals surface area contributed by atoms with Crippen LogP contribution in [0.5, 0.6) is 0 Å².